The van der Waals surface area contributed by atoms with E-state index < -0.39 is 0 Å². The maximum Gasteiger partial charge on any atom is 0.165 e. The number of aromatic nitrogens is 1. The molecular weight excluding hydrogens is 359 g/mol. The summed E-state index contributed by atoms with van der Waals surface area (Å²) in [6.07, 6.45) is 1.72. The number of nitrogens with zero attached hydrogens (tertiary/aromatic N) is 2. The summed E-state index contributed by atoms with van der Waals surface area (Å²) in [5, 5.41) is 10.5. The van der Waals surface area contributed by atoms with Gasteiger partial charge in [0.25, 0.3) is 0 Å². The molecule has 0 saturated carbocycles. The van der Waals surface area contributed by atoms with E-state index in [2.05, 4.69) is 9.88 Å². The van der Waals surface area contributed by atoms with Crippen LogP contribution >= 0.6 is 0 Å². The molecule has 0 atom stereocenters. The van der Waals surface area contributed by atoms with E-state index in [0.717, 1.165) is 16.8 Å². The van der Waals surface area contributed by atoms with Gasteiger partial charge in [-0.3, -0.25) is 9.88 Å². The topological polar surface area (TPSA) is 54.8 Å². The predicted molar refractivity (Wildman–Crippen MR) is 104 cm³/mol. The van der Waals surface area contributed by atoms with Gasteiger partial charge in [0.1, 0.15) is 18.2 Å². The van der Waals surface area contributed by atoms with Crippen LogP contribution in [0.15, 0.2) is 54.7 Å². The largest absolute Gasteiger partial charge is 0.504 e. The van der Waals surface area contributed by atoms with E-state index in [1.807, 2.05) is 24.3 Å². The SMILES string of the molecule is COc1ccc(CN2CCOc3c(O)cc(-c4ccccn4)cc3C2)c(F)c1. The molecule has 0 spiro atoms. The lowest BCUT2D eigenvalue weighted by molar-refractivity contribution is 0.215. The molecule has 0 fully saturated rings. The van der Waals surface area contributed by atoms with Gasteiger partial charge in [0.2, 0.25) is 0 Å². The molecule has 0 amide bonds. The van der Waals surface area contributed by atoms with E-state index in [9.17, 15) is 9.50 Å². The van der Waals surface area contributed by atoms with Crippen molar-refractivity contribution < 1.29 is 19.0 Å². The van der Waals surface area contributed by atoms with Crippen LogP contribution in [0, 0.1) is 5.82 Å². The van der Waals surface area contributed by atoms with Crippen LogP contribution in [0.5, 0.6) is 17.2 Å². The molecule has 0 saturated heterocycles. The number of ether oxygens (including phenoxy) is 2. The molecule has 0 radical (unpaired) electrons. The molecule has 0 unspecified atom stereocenters. The van der Waals surface area contributed by atoms with Crippen LogP contribution < -0.4 is 9.47 Å². The highest BCUT2D eigenvalue weighted by molar-refractivity contribution is 5.66. The third-order valence-electron chi connectivity index (χ3n) is 4.81. The Morgan fingerprint density at radius 1 is 1.21 bits per heavy atom. The third-order valence-corrected chi connectivity index (χ3v) is 4.81. The summed E-state index contributed by atoms with van der Waals surface area (Å²) in [6.45, 7) is 2.02. The number of benzene rings is 2. The quantitative estimate of drug-likeness (QED) is 0.742. The molecular formula is C22H21FN2O3. The van der Waals surface area contributed by atoms with Crippen molar-refractivity contribution in [3.8, 4) is 28.5 Å². The molecule has 0 bridgehead atoms. The maximum absolute atomic E-state index is 14.4. The first kappa shape index (κ1) is 18.3. The Morgan fingerprint density at radius 2 is 2.11 bits per heavy atom. The molecule has 144 valence electrons. The van der Waals surface area contributed by atoms with E-state index in [1.165, 1.54) is 13.2 Å². The van der Waals surface area contributed by atoms with Crippen LogP contribution in [0.1, 0.15) is 11.1 Å². The summed E-state index contributed by atoms with van der Waals surface area (Å²) in [6, 6.07) is 14.2. The number of pyridine rings is 1. The molecule has 1 aliphatic rings. The van der Waals surface area contributed by atoms with Gasteiger partial charge in [-0.1, -0.05) is 12.1 Å². The molecule has 6 heteroatoms. The summed E-state index contributed by atoms with van der Waals surface area (Å²) in [5.41, 5.74) is 3.04. The Labute approximate surface area is 163 Å². The Bertz CT molecular complexity index is 979. The van der Waals surface area contributed by atoms with Crippen LogP contribution in [0.3, 0.4) is 0 Å². The van der Waals surface area contributed by atoms with Crippen molar-refractivity contribution in [3.63, 3.8) is 0 Å². The Morgan fingerprint density at radius 3 is 2.86 bits per heavy atom. The molecule has 5 nitrogen and oxygen atoms in total. The highest BCUT2D eigenvalue weighted by atomic mass is 19.1. The van der Waals surface area contributed by atoms with E-state index in [1.54, 1.807) is 24.4 Å². The summed E-state index contributed by atoms with van der Waals surface area (Å²) in [5.74, 6) is 0.776. The fourth-order valence-electron chi connectivity index (χ4n) is 3.39. The van der Waals surface area contributed by atoms with Gasteiger partial charge in [-0.2, -0.15) is 0 Å². The molecule has 3 aromatic rings. The zero-order valence-electron chi connectivity index (χ0n) is 15.6. The Hall–Kier alpha value is -3.12. The number of phenols is 1. The normalized spacial score (nSPS) is 14.1. The van der Waals surface area contributed by atoms with E-state index in [-0.39, 0.29) is 11.6 Å². The number of fused-ring (bicyclic) bond motifs is 1. The summed E-state index contributed by atoms with van der Waals surface area (Å²) >= 11 is 0. The zero-order valence-corrected chi connectivity index (χ0v) is 15.6. The number of hydrogen-bond donors (Lipinski definition) is 1. The molecule has 2 heterocycles. The van der Waals surface area contributed by atoms with Crippen LogP contribution in [0.4, 0.5) is 4.39 Å². The van der Waals surface area contributed by atoms with Crippen molar-refractivity contribution in [2.45, 2.75) is 13.1 Å². The summed E-state index contributed by atoms with van der Waals surface area (Å²) in [4.78, 5) is 6.45. The van der Waals surface area contributed by atoms with Gasteiger partial charge in [-0.05, 0) is 30.3 Å². The maximum atomic E-state index is 14.4. The lowest BCUT2D eigenvalue weighted by Crippen LogP contribution is -2.25. The molecule has 1 aromatic heterocycles. The molecule has 1 aliphatic heterocycles. The second kappa shape index (κ2) is 7.86. The number of methoxy groups -OCH3 is 1. The van der Waals surface area contributed by atoms with Gasteiger partial charge in [0.05, 0.1) is 12.8 Å². The van der Waals surface area contributed by atoms with Gasteiger partial charge in [0.15, 0.2) is 11.5 Å². The van der Waals surface area contributed by atoms with E-state index >= 15 is 0 Å². The summed E-state index contributed by atoms with van der Waals surface area (Å²) in [7, 11) is 1.52. The Kier molecular flexibility index (Phi) is 5.12. The van der Waals surface area contributed by atoms with Crippen molar-refractivity contribution >= 4 is 0 Å². The van der Waals surface area contributed by atoms with Gasteiger partial charge in [-0.25, -0.2) is 4.39 Å². The first-order valence-corrected chi connectivity index (χ1v) is 9.09. The molecule has 4 rings (SSSR count). The van der Waals surface area contributed by atoms with Crippen molar-refractivity contribution in [1.82, 2.24) is 9.88 Å². The van der Waals surface area contributed by atoms with Crippen molar-refractivity contribution in [2.24, 2.45) is 0 Å². The molecule has 1 N–H and O–H groups in total. The first-order chi connectivity index (χ1) is 13.6. The van der Waals surface area contributed by atoms with Gasteiger partial charge < -0.3 is 14.6 Å². The minimum atomic E-state index is -0.296. The predicted octanol–water partition coefficient (Wildman–Crippen LogP) is 4.00. The number of hydrogen-bond acceptors (Lipinski definition) is 5. The second-order valence-corrected chi connectivity index (χ2v) is 6.72. The van der Waals surface area contributed by atoms with Gasteiger partial charge in [0, 0.05) is 48.6 Å². The van der Waals surface area contributed by atoms with Crippen molar-refractivity contribution in [1.29, 1.82) is 0 Å². The number of rotatable bonds is 4. The number of aromatic hydroxyl groups is 1. The Balaban J connectivity index is 1.61. The van der Waals surface area contributed by atoms with E-state index in [0.29, 0.717) is 43.3 Å². The summed E-state index contributed by atoms with van der Waals surface area (Å²) < 4.78 is 25.2. The lowest BCUT2D eigenvalue weighted by atomic mass is 10.0. The number of phenolic OH excluding ortho intramolecular Hbond substituents is 1. The van der Waals surface area contributed by atoms with Gasteiger partial charge >= 0.3 is 0 Å². The molecule has 28 heavy (non-hydrogen) atoms. The van der Waals surface area contributed by atoms with Gasteiger partial charge in [-0.15, -0.1) is 0 Å². The van der Waals surface area contributed by atoms with Crippen molar-refractivity contribution in [2.75, 3.05) is 20.3 Å². The highest BCUT2D eigenvalue weighted by Crippen LogP contribution is 2.37. The number of halogens is 1. The fraction of sp³-hybridized carbons (Fsp3) is 0.227. The molecule has 2 aromatic carbocycles. The third kappa shape index (κ3) is 3.77. The van der Waals surface area contributed by atoms with Crippen molar-refractivity contribution in [3.05, 3.63) is 71.7 Å². The van der Waals surface area contributed by atoms with E-state index in [4.69, 9.17) is 9.47 Å². The highest BCUT2D eigenvalue weighted by Gasteiger charge is 2.21. The standard InChI is InChI=1S/C22H21FN2O3/c1-27-18-6-5-15(19(23)12-18)13-25-8-9-28-22-17(14-25)10-16(11-21(22)26)20-4-2-3-7-24-20/h2-7,10-12,26H,8-9,13-14H2,1H3. The zero-order chi connectivity index (χ0) is 19.5. The van der Waals surface area contributed by atoms with Crippen LogP contribution in [-0.4, -0.2) is 35.3 Å². The second-order valence-electron chi connectivity index (χ2n) is 6.72. The lowest BCUT2D eigenvalue weighted by Gasteiger charge is -2.20. The first-order valence-electron chi connectivity index (χ1n) is 9.09. The smallest absolute Gasteiger partial charge is 0.165 e. The monoisotopic (exact) mass is 380 g/mol. The van der Waals surface area contributed by atoms with Crippen LogP contribution in [-0.2, 0) is 13.1 Å². The molecule has 0 aliphatic carbocycles. The van der Waals surface area contributed by atoms with Crippen LogP contribution in [0.2, 0.25) is 0 Å². The fourth-order valence-corrected chi connectivity index (χ4v) is 3.39. The van der Waals surface area contributed by atoms with Crippen LogP contribution in [0.25, 0.3) is 11.3 Å². The minimum absolute atomic E-state index is 0.0932. The minimum Gasteiger partial charge on any atom is -0.504 e. The average molecular weight is 380 g/mol. The average Bonchev–Trinajstić information content (AvgIpc) is 2.92.